The third-order valence-electron chi connectivity index (χ3n) is 4.42. The molecule has 3 rings (SSSR count). The number of rotatable bonds is 3. The van der Waals surface area contributed by atoms with E-state index in [1.165, 1.54) is 0 Å². The number of amides is 2. The van der Waals surface area contributed by atoms with Crippen LogP contribution in [0.4, 0.5) is 13.2 Å². The number of likely N-dealkylation sites (tertiary alicyclic amines) is 1. The van der Waals surface area contributed by atoms with Gasteiger partial charge in [0, 0.05) is 19.0 Å². The number of carbonyl (C=O) groups is 2. The molecular formula is C17H19F3N2O4. The van der Waals surface area contributed by atoms with Gasteiger partial charge in [-0.05, 0) is 25.0 Å². The first-order valence-corrected chi connectivity index (χ1v) is 8.35. The number of carbonyl (C=O) groups excluding carboxylic acids is 2. The molecule has 1 fully saturated rings. The van der Waals surface area contributed by atoms with Crippen LogP contribution in [0, 0.1) is 5.92 Å². The van der Waals surface area contributed by atoms with Crippen molar-refractivity contribution in [1.29, 1.82) is 0 Å². The lowest BCUT2D eigenvalue weighted by atomic mass is 9.95. The average molecular weight is 372 g/mol. The topological polar surface area (TPSA) is 67.9 Å². The summed E-state index contributed by atoms with van der Waals surface area (Å²) < 4.78 is 47.7. The lowest BCUT2D eigenvalue weighted by Crippen LogP contribution is -2.50. The third kappa shape index (κ3) is 4.39. The van der Waals surface area contributed by atoms with Crippen LogP contribution in [0.15, 0.2) is 24.3 Å². The Morgan fingerprint density at radius 1 is 1.15 bits per heavy atom. The quantitative estimate of drug-likeness (QED) is 0.878. The monoisotopic (exact) mass is 372 g/mol. The van der Waals surface area contributed by atoms with Gasteiger partial charge in [0.25, 0.3) is 5.91 Å². The van der Waals surface area contributed by atoms with Crippen LogP contribution in [0.25, 0.3) is 0 Å². The van der Waals surface area contributed by atoms with Gasteiger partial charge in [0.2, 0.25) is 12.0 Å². The fourth-order valence-corrected chi connectivity index (χ4v) is 3.04. The van der Waals surface area contributed by atoms with Crippen LogP contribution in [0.3, 0.4) is 0 Å². The predicted molar refractivity (Wildman–Crippen MR) is 84.7 cm³/mol. The second-order valence-corrected chi connectivity index (χ2v) is 6.30. The van der Waals surface area contributed by atoms with Crippen LogP contribution < -0.4 is 14.8 Å². The molecule has 1 aromatic rings. The molecule has 9 heteroatoms. The number of benzene rings is 1. The molecule has 1 saturated heterocycles. The summed E-state index contributed by atoms with van der Waals surface area (Å²) in [7, 11) is 0. The van der Waals surface area contributed by atoms with Gasteiger partial charge < -0.3 is 19.7 Å². The standard InChI is InChI=1S/C17H19F3N2O4/c18-17(19,20)10-21-15(23)11-5-7-22(8-6-11)16(24)14-9-25-12-3-1-2-4-13(12)26-14/h1-4,11,14H,5-10H2,(H,21,23). The molecule has 1 aromatic carbocycles. The van der Waals surface area contributed by atoms with Crippen LogP contribution >= 0.6 is 0 Å². The van der Waals surface area contributed by atoms with Crippen LogP contribution in [-0.4, -0.2) is 55.2 Å². The Labute approximate surface area is 148 Å². The van der Waals surface area contributed by atoms with E-state index in [2.05, 4.69) is 0 Å². The van der Waals surface area contributed by atoms with Gasteiger partial charge in [-0.3, -0.25) is 9.59 Å². The van der Waals surface area contributed by atoms with Gasteiger partial charge in [-0.15, -0.1) is 0 Å². The Morgan fingerprint density at radius 2 is 1.81 bits per heavy atom. The molecule has 26 heavy (non-hydrogen) atoms. The van der Waals surface area contributed by atoms with Gasteiger partial charge >= 0.3 is 6.18 Å². The molecule has 1 atom stereocenters. The van der Waals surface area contributed by atoms with Crippen molar-refractivity contribution in [3.8, 4) is 11.5 Å². The Hall–Kier alpha value is -2.45. The number of hydrogen-bond donors (Lipinski definition) is 1. The number of halogens is 3. The second-order valence-electron chi connectivity index (χ2n) is 6.30. The zero-order valence-electron chi connectivity index (χ0n) is 13.9. The summed E-state index contributed by atoms with van der Waals surface area (Å²) in [4.78, 5) is 25.9. The van der Waals surface area contributed by atoms with E-state index in [1.807, 2.05) is 5.32 Å². The van der Waals surface area contributed by atoms with Crippen molar-refractivity contribution >= 4 is 11.8 Å². The fraction of sp³-hybridized carbons (Fsp3) is 0.529. The number of hydrogen-bond acceptors (Lipinski definition) is 4. The molecule has 2 aliphatic rings. The maximum absolute atomic E-state index is 12.6. The minimum absolute atomic E-state index is 0.0991. The van der Waals surface area contributed by atoms with Crippen LogP contribution in [0.2, 0.25) is 0 Å². The van der Waals surface area contributed by atoms with Crippen LogP contribution in [-0.2, 0) is 9.59 Å². The molecule has 2 amide bonds. The zero-order valence-corrected chi connectivity index (χ0v) is 13.9. The molecule has 0 aromatic heterocycles. The third-order valence-corrected chi connectivity index (χ3v) is 4.42. The summed E-state index contributed by atoms with van der Waals surface area (Å²) in [6.45, 7) is -0.644. The van der Waals surface area contributed by atoms with Gasteiger partial charge in [-0.2, -0.15) is 13.2 Å². The minimum atomic E-state index is -4.43. The minimum Gasteiger partial charge on any atom is -0.485 e. The number of piperidine rings is 1. The van der Waals surface area contributed by atoms with Crippen LogP contribution in [0.5, 0.6) is 11.5 Å². The summed E-state index contributed by atoms with van der Waals surface area (Å²) >= 11 is 0. The number of fused-ring (bicyclic) bond motifs is 1. The van der Waals surface area contributed by atoms with E-state index in [-0.39, 0.29) is 12.5 Å². The maximum Gasteiger partial charge on any atom is 0.405 e. The lowest BCUT2D eigenvalue weighted by Gasteiger charge is -2.35. The number of ether oxygens (including phenoxy) is 2. The van der Waals surface area contributed by atoms with Crippen molar-refractivity contribution in [2.75, 3.05) is 26.2 Å². The highest BCUT2D eigenvalue weighted by Gasteiger charge is 2.35. The van der Waals surface area contributed by atoms with Crippen LogP contribution in [0.1, 0.15) is 12.8 Å². The first kappa shape index (κ1) is 18.3. The smallest absolute Gasteiger partial charge is 0.405 e. The molecular weight excluding hydrogens is 353 g/mol. The van der Waals surface area contributed by atoms with Crippen molar-refractivity contribution < 1.29 is 32.2 Å². The van der Waals surface area contributed by atoms with E-state index in [4.69, 9.17) is 9.47 Å². The Balaban J connectivity index is 1.49. The van der Waals surface area contributed by atoms with E-state index in [1.54, 1.807) is 29.2 Å². The van der Waals surface area contributed by atoms with Gasteiger partial charge in [0.1, 0.15) is 13.2 Å². The van der Waals surface area contributed by atoms with Gasteiger partial charge in [-0.1, -0.05) is 12.1 Å². The SMILES string of the molecule is O=C(NCC(F)(F)F)C1CCN(C(=O)C2COc3ccccc3O2)CC1. The lowest BCUT2D eigenvalue weighted by molar-refractivity contribution is -0.146. The number of alkyl halides is 3. The molecule has 2 aliphatic heterocycles. The number of para-hydroxylation sites is 2. The van der Waals surface area contributed by atoms with Crippen molar-refractivity contribution in [2.24, 2.45) is 5.92 Å². The average Bonchev–Trinajstić information content (AvgIpc) is 2.64. The molecule has 0 spiro atoms. The second kappa shape index (κ2) is 7.43. The molecule has 0 aliphatic carbocycles. The zero-order chi connectivity index (χ0) is 18.7. The summed E-state index contributed by atoms with van der Waals surface area (Å²) in [6.07, 6.45) is -4.55. The van der Waals surface area contributed by atoms with E-state index in [0.717, 1.165) is 0 Å². The van der Waals surface area contributed by atoms with Crippen molar-refractivity contribution in [3.05, 3.63) is 24.3 Å². The fourth-order valence-electron chi connectivity index (χ4n) is 3.04. The van der Waals surface area contributed by atoms with Crippen molar-refractivity contribution in [1.82, 2.24) is 10.2 Å². The van der Waals surface area contributed by atoms with E-state index >= 15 is 0 Å². The molecule has 0 saturated carbocycles. The highest BCUT2D eigenvalue weighted by molar-refractivity contribution is 5.83. The highest BCUT2D eigenvalue weighted by atomic mass is 19.4. The highest BCUT2D eigenvalue weighted by Crippen LogP contribution is 2.31. The number of nitrogens with one attached hydrogen (secondary N) is 1. The molecule has 142 valence electrons. The molecule has 1 N–H and O–H groups in total. The summed E-state index contributed by atoms with van der Waals surface area (Å²) in [6, 6.07) is 7.05. The van der Waals surface area contributed by atoms with Crippen molar-refractivity contribution in [3.63, 3.8) is 0 Å². The van der Waals surface area contributed by atoms with E-state index in [9.17, 15) is 22.8 Å². The molecule has 1 unspecified atom stereocenters. The Kier molecular flexibility index (Phi) is 5.24. The molecule has 6 nitrogen and oxygen atoms in total. The summed E-state index contributed by atoms with van der Waals surface area (Å²) in [5, 5.41) is 1.90. The first-order valence-electron chi connectivity index (χ1n) is 8.35. The maximum atomic E-state index is 12.6. The molecule has 0 radical (unpaired) electrons. The van der Waals surface area contributed by atoms with Crippen molar-refractivity contribution in [2.45, 2.75) is 25.1 Å². The first-order chi connectivity index (χ1) is 12.3. The van der Waals surface area contributed by atoms with Gasteiger partial charge in [0.05, 0.1) is 0 Å². The van der Waals surface area contributed by atoms with E-state index in [0.29, 0.717) is 37.4 Å². The van der Waals surface area contributed by atoms with Gasteiger partial charge in [0.15, 0.2) is 11.5 Å². The van der Waals surface area contributed by atoms with E-state index < -0.39 is 30.7 Å². The molecule has 0 bridgehead atoms. The Bertz CT molecular complexity index is 672. The normalized spacial score (nSPS) is 20.6. The Morgan fingerprint density at radius 3 is 2.46 bits per heavy atom. The summed E-state index contributed by atoms with van der Waals surface area (Å²) in [5.74, 6) is -0.310. The number of nitrogens with zero attached hydrogens (tertiary/aromatic N) is 1. The predicted octanol–water partition coefficient (Wildman–Crippen LogP) is 1.74. The largest absolute Gasteiger partial charge is 0.485 e. The summed E-state index contributed by atoms with van der Waals surface area (Å²) in [5.41, 5.74) is 0. The molecule has 2 heterocycles. The van der Waals surface area contributed by atoms with Gasteiger partial charge in [-0.25, -0.2) is 0 Å².